The van der Waals surface area contributed by atoms with Crippen molar-refractivity contribution in [2.24, 2.45) is 5.73 Å². The van der Waals surface area contributed by atoms with Crippen LogP contribution in [-0.2, 0) is 9.53 Å². The second-order valence-corrected chi connectivity index (χ2v) is 9.07. The first-order chi connectivity index (χ1) is 15.5. The number of carbonyl (C=O) groups is 2. The van der Waals surface area contributed by atoms with Crippen LogP contribution >= 0.6 is 0 Å². The number of amides is 1. The molecular formula is C24H35N5O3. The standard InChI is InChI=1S/C24H35N5O3/c1-2-32-21(30)15-26-23-22(16-6-4-3-5-7-16)28-20-14-17(12-13-29(20)23)24(31)27-19-10-8-18(25)9-11-19/h12-14,16,18-19,26H,2-11,15,25H2,1H3,(H,27,31). The molecule has 0 unspecified atom stereocenters. The Labute approximate surface area is 189 Å². The molecule has 4 N–H and O–H groups in total. The van der Waals surface area contributed by atoms with Gasteiger partial charge in [-0.1, -0.05) is 19.3 Å². The minimum absolute atomic E-state index is 0.0729. The Morgan fingerprint density at radius 3 is 2.62 bits per heavy atom. The molecule has 4 rings (SSSR count). The number of pyridine rings is 1. The molecule has 0 atom stereocenters. The van der Waals surface area contributed by atoms with Gasteiger partial charge in [-0.25, -0.2) is 4.98 Å². The van der Waals surface area contributed by atoms with Crippen LogP contribution in [0, 0.1) is 0 Å². The van der Waals surface area contributed by atoms with Crippen molar-refractivity contribution in [3.8, 4) is 0 Å². The van der Waals surface area contributed by atoms with Gasteiger partial charge in [-0.05, 0) is 57.6 Å². The average molecular weight is 442 g/mol. The maximum atomic E-state index is 12.9. The first-order valence-corrected chi connectivity index (χ1v) is 12.0. The van der Waals surface area contributed by atoms with Gasteiger partial charge in [0.1, 0.15) is 18.0 Å². The number of nitrogens with two attached hydrogens (primary N) is 1. The Bertz CT molecular complexity index is 943. The highest BCUT2D eigenvalue weighted by atomic mass is 16.5. The van der Waals surface area contributed by atoms with Crippen LogP contribution < -0.4 is 16.4 Å². The van der Waals surface area contributed by atoms with Crippen molar-refractivity contribution in [1.82, 2.24) is 14.7 Å². The molecule has 2 aromatic rings. The molecule has 2 aromatic heterocycles. The number of carbonyl (C=O) groups excluding carboxylic acids is 2. The monoisotopic (exact) mass is 441 g/mol. The Hall–Kier alpha value is -2.61. The van der Waals surface area contributed by atoms with E-state index in [4.69, 9.17) is 15.5 Å². The van der Waals surface area contributed by atoms with Gasteiger partial charge in [-0.2, -0.15) is 0 Å². The Morgan fingerprint density at radius 2 is 1.91 bits per heavy atom. The van der Waals surface area contributed by atoms with Crippen LogP contribution in [-0.4, -0.2) is 46.5 Å². The van der Waals surface area contributed by atoms with Crippen LogP contribution in [0.2, 0.25) is 0 Å². The van der Waals surface area contributed by atoms with Gasteiger partial charge in [0.25, 0.3) is 5.91 Å². The summed E-state index contributed by atoms with van der Waals surface area (Å²) in [5.74, 6) is 0.821. The molecule has 2 saturated carbocycles. The molecule has 8 nitrogen and oxygen atoms in total. The fourth-order valence-electron chi connectivity index (χ4n) is 4.94. The fraction of sp³-hybridized carbons (Fsp3) is 0.625. The van der Waals surface area contributed by atoms with E-state index in [0.717, 1.165) is 55.7 Å². The van der Waals surface area contributed by atoms with E-state index in [1.165, 1.54) is 19.3 Å². The van der Waals surface area contributed by atoms with Crippen LogP contribution in [0.5, 0.6) is 0 Å². The predicted molar refractivity (Wildman–Crippen MR) is 124 cm³/mol. The number of hydrogen-bond acceptors (Lipinski definition) is 6. The first kappa shape index (κ1) is 22.6. The maximum Gasteiger partial charge on any atom is 0.325 e. The molecule has 0 aliphatic heterocycles. The number of fused-ring (bicyclic) bond motifs is 1. The van der Waals surface area contributed by atoms with Crippen molar-refractivity contribution < 1.29 is 14.3 Å². The van der Waals surface area contributed by atoms with Gasteiger partial charge in [0.05, 0.1) is 12.3 Å². The molecule has 0 aromatic carbocycles. The molecule has 8 heteroatoms. The van der Waals surface area contributed by atoms with E-state index < -0.39 is 0 Å². The number of rotatable bonds is 7. The second kappa shape index (κ2) is 10.3. The van der Waals surface area contributed by atoms with Gasteiger partial charge < -0.3 is 21.1 Å². The lowest BCUT2D eigenvalue weighted by Crippen LogP contribution is -2.40. The number of esters is 1. The van der Waals surface area contributed by atoms with Crippen molar-refractivity contribution in [3.63, 3.8) is 0 Å². The lowest BCUT2D eigenvalue weighted by atomic mass is 9.87. The summed E-state index contributed by atoms with van der Waals surface area (Å²) in [6, 6.07) is 4.09. The van der Waals surface area contributed by atoms with Crippen LogP contribution in [0.1, 0.15) is 86.7 Å². The van der Waals surface area contributed by atoms with Crippen LogP contribution in [0.3, 0.4) is 0 Å². The van der Waals surface area contributed by atoms with Crippen molar-refractivity contribution >= 4 is 23.3 Å². The molecule has 0 saturated heterocycles. The first-order valence-electron chi connectivity index (χ1n) is 12.0. The lowest BCUT2D eigenvalue weighted by Gasteiger charge is -2.26. The van der Waals surface area contributed by atoms with Gasteiger partial charge in [-0.15, -0.1) is 0 Å². The highest BCUT2D eigenvalue weighted by Crippen LogP contribution is 2.36. The van der Waals surface area contributed by atoms with E-state index in [9.17, 15) is 9.59 Å². The number of nitrogens with zero attached hydrogens (tertiary/aromatic N) is 2. The molecule has 2 heterocycles. The van der Waals surface area contributed by atoms with Crippen molar-refractivity contribution in [2.45, 2.75) is 82.7 Å². The Kier molecular flexibility index (Phi) is 7.29. The van der Waals surface area contributed by atoms with E-state index in [2.05, 4.69) is 10.6 Å². The molecular weight excluding hydrogens is 406 g/mol. The maximum absolute atomic E-state index is 12.9. The molecule has 2 aliphatic carbocycles. The van der Waals surface area contributed by atoms with E-state index in [1.807, 2.05) is 22.7 Å². The predicted octanol–water partition coefficient (Wildman–Crippen LogP) is 3.36. The summed E-state index contributed by atoms with van der Waals surface area (Å²) in [5, 5.41) is 6.40. The van der Waals surface area contributed by atoms with Gasteiger partial charge in [0, 0.05) is 29.8 Å². The van der Waals surface area contributed by atoms with E-state index in [-0.39, 0.29) is 30.5 Å². The molecule has 0 radical (unpaired) electrons. The summed E-state index contributed by atoms with van der Waals surface area (Å²) in [4.78, 5) is 29.7. The Morgan fingerprint density at radius 1 is 1.16 bits per heavy atom. The number of ether oxygens (including phenoxy) is 1. The SMILES string of the molecule is CCOC(=O)CNc1c(C2CCCCC2)nc2cc(C(=O)NC3CCC(N)CC3)ccn12. The Balaban J connectivity index is 1.56. The zero-order chi connectivity index (χ0) is 22.5. The van der Waals surface area contributed by atoms with E-state index in [0.29, 0.717) is 18.1 Å². The normalized spacial score (nSPS) is 21.9. The zero-order valence-electron chi connectivity index (χ0n) is 18.9. The van der Waals surface area contributed by atoms with Gasteiger partial charge >= 0.3 is 5.97 Å². The zero-order valence-corrected chi connectivity index (χ0v) is 18.9. The minimum Gasteiger partial charge on any atom is -0.465 e. The lowest BCUT2D eigenvalue weighted by molar-refractivity contribution is -0.140. The highest BCUT2D eigenvalue weighted by molar-refractivity contribution is 5.95. The third-order valence-electron chi connectivity index (χ3n) is 6.72. The van der Waals surface area contributed by atoms with Crippen LogP contribution in [0.25, 0.3) is 5.65 Å². The molecule has 1 amide bonds. The minimum atomic E-state index is -0.291. The quantitative estimate of drug-likeness (QED) is 0.568. The van der Waals surface area contributed by atoms with E-state index >= 15 is 0 Å². The molecule has 0 spiro atoms. The number of aromatic nitrogens is 2. The van der Waals surface area contributed by atoms with Crippen molar-refractivity contribution in [3.05, 3.63) is 29.6 Å². The summed E-state index contributed by atoms with van der Waals surface area (Å²) in [6.07, 6.45) is 11.4. The molecule has 0 bridgehead atoms. The van der Waals surface area contributed by atoms with Gasteiger partial charge in [0.2, 0.25) is 0 Å². The smallest absolute Gasteiger partial charge is 0.325 e. The van der Waals surface area contributed by atoms with Crippen LogP contribution in [0.4, 0.5) is 5.82 Å². The molecule has 2 aliphatic rings. The molecule has 2 fully saturated rings. The van der Waals surface area contributed by atoms with Crippen LogP contribution in [0.15, 0.2) is 18.3 Å². The summed E-state index contributed by atoms with van der Waals surface area (Å²) in [6.45, 7) is 2.25. The third-order valence-corrected chi connectivity index (χ3v) is 6.72. The summed E-state index contributed by atoms with van der Waals surface area (Å²) < 4.78 is 7.02. The summed E-state index contributed by atoms with van der Waals surface area (Å²) in [5.41, 5.74) is 8.28. The topological polar surface area (TPSA) is 111 Å². The molecule has 174 valence electrons. The largest absolute Gasteiger partial charge is 0.465 e. The van der Waals surface area contributed by atoms with Crippen molar-refractivity contribution in [1.29, 1.82) is 0 Å². The highest BCUT2D eigenvalue weighted by Gasteiger charge is 2.25. The van der Waals surface area contributed by atoms with Gasteiger partial charge in [-0.3, -0.25) is 14.0 Å². The third kappa shape index (κ3) is 5.23. The fourth-order valence-corrected chi connectivity index (χ4v) is 4.94. The van der Waals surface area contributed by atoms with Gasteiger partial charge in [0.15, 0.2) is 0 Å². The number of hydrogen-bond donors (Lipinski definition) is 3. The summed E-state index contributed by atoms with van der Waals surface area (Å²) in [7, 11) is 0. The number of anilines is 1. The number of imidazole rings is 1. The molecule has 32 heavy (non-hydrogen) atoms. The summed E-state index contributed by atoms with van der Waals surface area (Å²) >= 11 is 0. The average Bonchev–Trinajstić information content (AvgIpc) is 3.18. The number of nitrogens with one attached hydrogen (secondary N) is 2. The second-order valence-electron chi connectivity index (χ2n) is 9.07. The van der Waals surface area contributed by atoms with Crippen molar-refractivity contribution in [2.75, 3.05) is 18.5 Å². The van der Waals surface area contributed by atoms with E-state index in [1.54, 1.807) is 6.92 Å².